The minimum absolute atomic E-state index is 0.0675. The lowest BCUT2D eigenvalue weighted by Crippen LogP contribution is -2.42. The Morgan fingerprint density at radius 2 is 1.59 bits per heavy atom. The number of rotatable bonds is 9. The van der Waals surface area contributed by atoms with E-state index in [9.17, 15) is 14.0 Å². The average Bonchev–Trinajstić information content (AvgIpc) is 2.70. The zero-order chi connectivity index (χ0) is 19.6. The van der Waals surface area contributed by atoms with Crippen molar-refractivity contribution in [1.29, 1.82) is 0 Å². The summed E-state index contributed by atoms with van der Waals surface area (Å²) in [5.74, 6) is -1.08. The van der Waals surface area contributed by atoms with Crippen molar-refractivity contribution >= 4 is 11.8 Å². The number of hydrogen-bond acceptors (Lipinski definition) is 3. The summed E-state index contributed by atoms with van der Waals surface area (Å²) >= 11 is 0. The van der Waals surface area contributed by atoms with Gasteiger partial charge in [-0.1, -0.05) is 44.2 Å². The summed E-state index contributed by atoms with van der Waals surface area (Å²) in [6, 6.07) is 15.3. The summed E-state index contributed by atoms with van der Waals surface area (Å²) in [6.07, 6.45) is 0. The van der Waals surface area contributed by atoms with Crippen LogP contribution in [-0.2, 0) is 4.79 Å². The largest absolute Gasteiger partial charge is 0.353 e. The molecule has 2 rings (SSSR count). The van der Waals surface area contributed by atoms with Crippen LogP contribution < -0.4 is 10.6 Å². The van der Waals surface area contributed by atoms with E-state index in [-0.39, 0.29) is 18.5 Å². The molecule has 0 spiro atoms. The second-order valence-electron chi connectivity index (χ2n) is 6.14. The maximum atomic E-state index is 12.9. The Bertz CT molecular complexity index is 731. The molecule has 0 bridgehead atoms. The van der Waals surface area contributed by atoms with Crippen molar-refractivity contribution in [3.05, 3.63) is 71.5 Å². The molecule has 2 aromatic rings. The number of amides is 2. The van der Waals surface area contributed by atoms with E-state index >= 15 is 0 Å². The molecule has 1 unspecified atom stereocenters. The third kappa shape index (κ3) is 6.18. The lowest BCUT2D eigenvalue weighted by atomic mass is 10.1. The van der Waals surface area contributed by atoms with Crippen LogP contribution in [-0.4, -0.2) is 42.9 Å². The average molecular weight is 371 g/mol. The second-order valence-corrected chi connectivity index (χ2v) is 6.14. The summed E-state index contributed by atoms with van der Waals surface area (Å²) in [5.41, 5.74) is 1.45. The predicted molar refractivity (Wildman–Crippen MR) is 104 cm³/mol. The van der Waals surface area contributed by atoms with Crippen LogP contribution in [0.2, 0.25) is 0 Å². The number of benzene rings is 2. The highest BCUT2D eigenvalue weighted by Gasteiger charge is 2.18. The fourth-order valence-electron chi connectivity index (χ4n) is 2.93. The molecule has 27 heavy (non-hydrogen) atoms. The number of carbonyl (C=O) groups excluding carboxylic acids is 2. The number of hydrogen-bond donors (Lipinski definition) is 2. The second kappa shape index (κ2) is 10.4. The fourth-order valence-corrected chi connectivity index (χ4v) is 2.93. The highest BCUT2D eigenvalue weighted by molar-refractivity contribution is 5.96. The van der Waals surface area contributed by atoms with Crippen molar-refractivity contribution in [2.24, 2.45) is 0 Å². The first kappa shape index (κ1) is 20.6. The van der Waals surface area contributed by atoms with Gasteiger partial charge >= 0.3 is 0 Å². The normalized spacial score (nSPS) is 11.9. The topological polar surface area (TPSA) is 61.4 Å². The number of likely N-dealkylation sites (N-methyl/N-ethyl adjacent to an activating group) is 1. The van der Waals surface area contributed by atoms with Crippen LogP contribution >= 0.6 is 0 Å². The quantitative estimate of drug-likeness (QED) is 0.713. The summed E-state index contributed by atoms with van der Waals surface area (Å²) in [4.78, 5) is 26.4. The van der Waals surface area contributed by atoms with Crippen LogP contribution in [0.4, 0.5) is 4.39 Å². The SMILES string of the molecule is CCN(CC)C(CNC(=O)CNC(=O)c1ccc(F)cc1)c1ccccc1. The zero-order valence-electron chi connectivity index (χ0n) is 15.7. The number of carbonyl (C=O) groups is 2. The Morgan fingerprint density at radius 1 is 0.963 bits per heavy atom. The zero-order valence-corrected chi connectivity index (χ0v) is 15.7. The molecule has 2 aromatic carbocycles. The highest BCUT2D eigenvalue weighted by Crippen LogP contribution is 2.19. The van der Waals surface area contributed by atoms with Crippen molar-refractivity contribution in [2.75, 3.05) is 26.2 Å². The minimum atomic E-state index is -0.410. The van der Waals surface area contributed by atoms with E-state index in [4.69, 9.17) is 0 Å². The number of halogens is 1. The molecule has 0 radical (unpaired) electrons. The van der Waals surface area contributed by atoms with Crippen LogP contribution in [0, 0.1) is 5.82 Å². The van der Waals surface area contributed by atoms with Crippen molar-refractivity contribution in [1.82, 2.24) is 15.5 Å². The van der Waals surface area contributed by atoms with Gasteiger partial charge in [-0.05, 0) is 42.9 Å². The summed E-state index contributed by atoms with van der Waals surface area (Å²) in [5, 5.41) is 5.44. The van der Waals surface area contributed by atoms with Crippen molar-refractivity contribution in [3.63, 3.8) is 0 Å². The van der Waals surface area contributed by atoms with E-state index in [1.807, 2.05) is 30.3 Å². The Morgan fingerprint density at radius 3 is 2.19 bits per heavy atom. The molecule has 0 fully saturated rings. The Balaban J connectivity index is 1.89. The third-order valence-electron chi connectivity index (χ3n) is 4.45. The van der Waals surface area contributed by atoms with Crippen LogP contribution in [0.5, 0.6) is 0 Å². The van der Waals surface area contributed by atoms with E-state index in [1.54, 1.807) is 0 Å². The Labute approximate surface area is 159 Å². The van der Waals surface area contributed by atoms with Crippen LogP contribution in [0.15, 0.2) is 54.6 Å². The van der Waals surface area contributed by atoms with E-state index in [1.165, 1.54) is 24.3 Å². The Kier molecular flexibility index (Phi) is 7.95. The van der Waals surface area contributed by atoms with Gasteiger partial charge in [-0.15, -0.1) is 0 Å². The Hall–Kier alpha value is -2.73. The van der Waals surface area contributed by atoms with Gasteiger partial charge in [0, 0.05) is 12.1 Å². The van der Waals surface area contributed by atoms with Crippen molar-refractivity contribution in [2.45, 2.75) is 19.9 Å². The summed E-state index contributed by atoms with van der Waals surface area (Å²) in [6.45, 7) is 6.24. The number of nitrogens with one attached hydrogen (secondary N) is 2. The van der Waals surface area contributed by atoms with Gasteiger partial charge in [-0.3, -0.25) is 14.5 Å². The maximum Gasteiger partial charge on any atom is 0.251 e. The lowest BCUT2D eigenvalue weighted by molar-refractivity contribution is -0.120. The van der Waals surface area contributed by atoms with Gasteiger partial charge in [0.05, 0.1) is 12.6 Å². The highest BCUT2D eigenvalue weighted by atomic mass is 19.1. The minimum Gasteiger partial charge on any atom is -0.353 e. The molecule has 2 amide bonds. The molecule has 0 aliphatic heterocycles. The van der Waals surface area contributed by atoms with Crippen molar-refractivity contribution < 1.29 is 14.0 Å². The van der Waals surface area contributed by atoms with Gasteiger partial charge in [-0.25, -0.2) is 4.39 Å². The van der Waals surface area contributed by atoms with Crippen LogP contribution in [0.3, 0.4) is 0 Å². The molecular weight excluding hydrogens is 345 g/mol. The molecule has 5 nitrogen and oxygen atoms in total. The van der Waals surface area contributed by atoms with Crippen molar-refractivity contribution in [3.8, 4) is 0 Å². The first-order valence-corrected chi connectivity index (χ1v) is 9.14. The van der Waals surface area contributed by atoms with Gasteiger partial charge < -0.3 is 10.6 Å². The maximum absolute atomic E-state index is 12.9. The van der Waals surface area contributed by atoms with Crippen LogP contribution in [0.25, 0.3) is 0 Å². The molecule has 0 aliphatic carbocycles. The molecule has 2 N–H and O–H groups in total. The molecule has 6 heteroatoms. The molecular formula is C21H26FN3O2. The van der Waals surface area contributed by atoms with Gasteiger partial charge in [0.25, 0.3) is 5.91 Å². The molecule has 0 aromatic heterocycles. The predicted octanol–water partition coefficient (Wildman–Crippen LogP) is 2.75. The molecule has 0 saturated heterocycles. The van der Waals surface area contributed by atoms with Gasteiger partial charge in [0.15, 0.2) is 0 Å². The molecule has 144 valence electrons. The smallest absolute Gasteiger partial charge is 0.251 e. The third-order valence-corrected chi connectivity index (χ3v) is 4.45. The van der Waals surface area contributed by atoms with E-state index < -0.39 is 11.7 Å². The van der Waals surface area contributed by atoms with Gasteiger partial charge in [0.2, 0.25) is 5.91 Å². The van der Waals surface area contributed by atoms with E-state index in [0.29, 0.717) is 12.1 Å². The van der Waals surface area contributed by atoms with Gasteiger partial charge in [0.1, 0.15) is 5.82 Å². The first-order valence-electron chi connectivity index (χ1n) is 9.14. The standard InChI is InChI=1S/C21H26FN3O2/c1-3-25(4-2)19(16-8-6-5-7-9-16)14-23-20(26)15-24-21(27)17-10-12-18(22)13-11-17/h5-13,19H,3-4,14-15H2,1-2H3,(H,23,26)(H,24,27). The van der Waals surface area contributed by atoms with Crippen LogP contribution in [0.1, 0.15) is 35.8 Å². The molecule has 0 aliphatic rings. The van der Waals surface area contributed by atoms with E-state index in [0.717, 1.165) is 18.7 Å². The molecule has 1 atom stereocenters. The monoisotopic (exact) mass is 371 g/mol. The molecule has 0 heterocycles. The summed E-state index contributed by atoms with van der Waals surface area (Å²) in [7, 11) is 0. The lowest BCUT2D eigenvalue weighted by Gasteiger charge is -2.30. The number of nitrogens with zero attached hydrogens (tertiary/aromatic N) is 1. The molecule has 0 saturated carbocycles. The van der Waals surface area contributed by atoms with E-state index in [2.05, 4.69) is 29.4 Å². The fraction of sp³-hybridized carbons (Fsp3) is 0.333. The summed E-state index contributed by atoms with van der Waals surface area (Å²) < 4.78 is 12.9. The van der Waals surface area contributed by atoms with Gasteiger partial charge in [-0.2, -0.15) is 0 Å². The first-order chi connectivity index (χ1) is 13.0.